The molecular weight excluding hydrogens is 238 g/mol. The van der Waals surface area contributed by atoms with Crippen molar-refractivity contribution in [2.24, 2.45) is 5.92 Å². The van der Waals surface area contributed by atoms with E-state index >= 15 is 0 Å². The van der Waals surface area contributed by atoms with Gasteiger partial charge in [-0.2, -0.15) is 0 Å². The smallest absolute Gasteiger partial charge is 0.314 e. The summed E-state index contributed by atoms with van der Waals surface area (Å²) < 4.78 is 0. The van der Waals surface area contributed by atoms with Gasteiger partial charge >= 0.3 is 6.03 Å². The van der Waals surface area contributed by atoms with E-state index in [2.05, 4.69) is 10.3 Å². The standard InChI is InChI=1S/C11H15N3O2S/c1-3-8(10-12-4-5-17-10)14-6-7(2)9(15)13-11(14)16/h4-5,7-8H,3,6H2,1-2H3,(H,13,15,16). The van der Waals surface area contributed by atoms with Crippen LogP contribution >= 0.6 is 11.3 Å². The van der Waals surface area contributed by atoms with Gasteiger partial charge in [0.05, 0.1) is 12.0 Å². The third-order valence-corrected chi connectivity index (χ3v) is 3.79. The molecule has 1 saturated heterocycles. The van der Waals surface area contributed by atoms with Crippen molar-refractivity contribution in [3.63, 3.8) is 0 Å². The number of aromatic nitrogens is 1. The van der Waals surface area contributed by atoms with Crippen molar-refractivity contribution in [3.8, 4) is 0 Å². The van der Waals surface area contributed by atoms with E-state index in [1.807, 2.05) is 19.2 Å². The van der Waals surface area contributed by atoms with Crippen LogP contribution in [-0.4, -0.2) is 28.4 Å². The van der Waals surface area contributed by atoms with Gasteiger partial charge in [0, 0.05) is 18.1 Å². The Morgan fingerprint density at radius 1 is 1.65 bits per heavy atom. The maximum absolute atomic E-state index is 11.8. The predicted octanol–water partition coefficient (Wildman–Crippen LogP) is 1.78. The Morgan fingerprint density at radius 2 is 2.41 bits per heavy atom. The second-order valence-corrected chi connectivity index (χ2v) is 5.07. The van der Waals surface area contributed by atoms with E-state index < -0.39 is 0 Å². The Morgan fingerprint density at radius 3 is 3.00 bits per heavy atom. The molecule has 1 aromatic rings. The number of carbonyl (C=O) groups excluding carboxylic acids is 2. The SMILES string of the molecule is CCC(c1nccs1)N1CC(C)C(=O)NC1=O. The van der Waals surface area contributed by atoms with Crippen LogP contribution in [0.3, 0.4) is 0 Å². The summed E-state index contributed by atoms with van der Waals surface area (Å²) in [6, 6.07) is -0.347. The molecule has 92 valence electrons. The number of nitrogens with zero attached hydrogens (tertiary/aromatic N) is 2. The van der Waals surface area contributed by atoms with Gasteiger partial charge in [0.25, 0.3) is 0 Å². The lowest BCUT2D eigenvalue weighted by molar-refractivity contribution is -0.125. The van der Waals surface area contributed by atoms with Crippen LogP contribution in [-0.2, 0) is 4.79 Å². The number of imide groups is 1. The molecule has 0 aromatic carbocycles. The number of rotatable bonds is 3. The van der Waals surface area contributed by atoms with E-state index in [0.29, 0.717) is 6.54 Å². The molecule has 2 unspecified atom stereocenters. The van der Waals surface area contributed by atoms with Crippen LogP contribution in [0.25, 0.3) is 0 Å². The molecule has 5 nitrogen and oxygen atoms in total. The zero-order valence-electron chi connectivity index (χ0n) is 9.84. The molecule has 6 heteroatoms. The number of urea groups is 1. The quantitative estimate of drug-likeness (QED) is 0.893. The summed E-state index contributed by atoms with van der Waals surface area (Å²) in [5.41, 5.74) is 0. The average molecular weight is 253 g/mol. The average Bonchev–Trinajstić information content (AvgIpc) is 2.80. The van der Waals surface area contributed by atoms with Gasteiger partial charge in [-0.25, -0.2) is 9.78 Å². The zero-order chi connectivity index (χ0) is 12.4. The van der Waals surface area contributed by atoms with Gasteiger partial charge < -0.3 is 4.90 Å². The molecule has 0 bridgehead atoms. The summed E-state index contributed by atoms with van der Waals surface area (Å²) in [4.78, 5) is 29.1. The van der Waals surface area contributed by atoms with Crippen LogP contribution in [0.1, 0.15) is 31.3 Å². The third kappa shape index (κ3) is 2.31. The summed E-state index contributed by atoms with van der Waals surface area (Å²) in [5.74, 6) is -0.359. The predicted molar refractivity (Wildman–Crippen MR) is 64.6 cm³/mol. The van der Waals surface area contributed by atoms with Crippen LogP contribution in [0.15, 0.2) is 11.6 Å². The van der Waals surface area contributed by atoms with Gasteiger partial charge in [-0.15, -0.1) is 11.3 Å². The normalized spacial score (nSPS) is 22.5. The van der Waals surface area contributed by atoms with Crippen molar-refractivity contribution in [3.05, 3.63) is 16.6 Å². The lowest BCUT2D eigenvalue weighted by atomic mass is 10.1. The Bertz CT molecular complexity index is 418. The van der Waals surface area contributed by atoms with Crippen LogP contribution in [0.2, 0.25) is 0 Å². The van der Waals surface area contributed by atoms with Crippen LogP contribution < -0.4 is 5.32 Å². The highest BCUT2D eigenvalue weighted by atomic mass is 32.1. The monoisotopic (exact) mass is 253 g/mol. The molecule has 3 amide bonds. The van der Waals surface area contributed by atoms with Gasteiger partial charge in [0.2, 0.25) is 5.91 Å². The first kappa shape index (κ1) is 12.0. The largest absolute Gasteiger partial charge is 0.324 e. The molecule has 1 N–H and O–H groups in total. The summed E-state index contributed by atoms with van der Waals surface area (Å²) in [6.45, 7) is 4.30. The van der Waals surface area contributed by atoms with Gasteiger partial charge in [-0.05, 0) is 6.42 Å². The van der Waals surface area contributed by atoms with E-state index in [0.717, 1.165) is 11.4 Å². The first-order valence-electron chi connectivity index (χ1n) is 5.64. The number of nitrogens with one attached hydrogen (secondary N) is 1. The fraction of sp³-hybridized carbons (Fsp3) is 0.545. The highest BCUT2D eigenvalue weighted by Crippen LogP contribution is 2.28. The van der Waals surface area contributed by atoms with Gasteiger partial charge in [-0.3, -0.25) is 10.1 Å². The Hall–Kier alpha value is -1.43. The maximum Gasteiger partial charge on any atom is 0.324 e. The molecule has 2 atom stereocenters. The number of hydrogen-bond acceptors (Lipinski definition) is 4. The minimum absolute atomic E-state index is 0.0365. The van der Waals surface area contributed by atoms with E-state index in [-0.39, 0.29) is 23.9 Å². The molecule has 2 rings (SSSR count). The fourth-order valence-corrected chi connectivity index (χ4v) is 2.79. The molecule has 1 aromatic heterocycles. The molecule has 1 aliphatic heterocycles. The minimum Gasteiger partial charge on any atom is -0.314 e. The van der Waals surface area contributed by atoms with Crippen molar-refractivity contribution in [1.82, 2.24) is 15.2 Å². The summed E-state index contributed by atoms with van der Waals surface area (Å²) >= 11 is 1.54. The molecule has 0 radical (unpaired) electrons. The fourth-order valence-electron chi connectivity index (χ4n) is 1.96. The first-order valence-corrected chi connectivity index (χ1v) is 6.52. The van der Waals surface area contributed by atoms with Gasteiger partial charge in [0.1, 0.15) is 5.01 Å². The van der Waals surface area contributed by atoms with E-state index in [1.54, 1.807) is 11.1 Å². The van der Waals surface area contributed by atoms with Crippen LogP contribution in [0.4, 0.5) is 4.79 Å². The maximum atomic E-state index is 11.8. The molecule has 0 spiro atoms. The molecule has 1 fully saturated rings. The Balaban J connectivity index is 2.20. The second-order valence-electron chi connectivity index (χ2n) is 4.14. The van der Waals surface area contributed by atoms with Crippen molar-refractivity contribution >= 4 is 23.3 Å². The summed E-state index contributed by atoms with van der Waals surface area (Å²) in [5, 5.41) is 5.20. The highest BCUT2D eigenvalue weighted by Gasteiger charge is 2.34. The molecule has 17 heavy (non-hydrogen) atoms. The van der Waals surface area contributed by atoms with Crippen LogP contribution in [0, 0.1) is 5.92 Å². The lowest BCUT2D eigenvalue weighted by Gasteiger charge is -2.35. The summed E-state index contributed by atoms with van der Waals surface area (Å²) in [6.07, 6.45) is 2.53. The highest BCUT2D eigenvalue weighted by molar-refractivity contribution is 7.09. The second kappa shape index (κ2) is 4.83. The van der Waals surface area contributed by atoms with Gasteiger partial charge in [-0.1, -0.05) is 13.8 Å². The van der Waals surface area contributed by atoms with Crippen molar-refractivity contribution in [1.29, 1.82) is 0 Å². The molecule has 0 saturated carbocycles. The van der Waals surface area contributed by atoms with Crippen molar-refractivity contribution < 1.29 is 9.59 Å². The third-order valence-electron chi connectivity index (χ3n) is 2.91. The Kier molecular flexibility index (Phi) is 3.42. The minimum atomic E-state index is -0.310. The molecule has 1 aliphatic rings. The van der Waals surface area contributed by atoms with E-state index in [4.69, 9.17) is 0 Å². The van der Waals surface area contributed by atoms with Crippen molar-refractivity contribution in [2.75, 3.05) is 6.54 Å². The zero-order valence-corrected chi connectivity index (χ0v) is 10.7. The van der Waals surface area contributed by atoms with E-state index in [1.165, 1.54) is 11.3 Å². The van der Waals surface area contributed by atoms with Crippen LogP contribution in [0.5, 0.6) is 0 Å². The van der Waals surface area contributed by atoms with E-state index in [9.17, 15) is 9.59 Å². The summed E-state index contributed by atoms with van der Waals surface area (Å²) in [7, 11) is 0. The van der Waals surface area contributed by atoms with Gasteiger partial charge in [0.15, 0.2) is 0 Å². The molecule has 0 aliphatic carbocycles. The molecular formula is C11H15N3O2S. The van der Waals surface area contributed by atoms with Crippen molar-refractivity contribution in [2.45, 2.75) is 26.3 Å². The molecule has 2 heterocycles. The Labute approximate surface area is 104 Å². The number of thiazole rings is 1. The number of amides is 3. The number of carbonyl (C=O) groups is 2. The first-order chi connectivity index (χ1) is 8.13. The lowest BCUT2D eigenvalue weighted by Crippen LogP contribution is -2.54. The topological polar surface area (TPSA) is 62.3 Å². The number of hydrogen-bond donors (Lipinski definition) is 1.